The van der Waals surface area contributed by atoms with Crippen molar-refractivity contribution in [2.45, 2.75) is 6.92 Å². The molecule has 0 aliphatic rings. The number of nitrogens with zero attached hydrogens (tertiary/aromatic N) is 2. The first-order valence-electron chi connectivity index (χ1n) is 6.32. The van der Waals surface area contributed by atoms with Gasteiger partial charge < -0.3 is 5.73 Å². The third-order valence-electron chi connectivity index (χ3n) is 3.20. The lowest BCUT2D eigenvalue weighted by Gasteiger charge is -2.05. The summed E-state index contributed by atoms with van der Waals surface area (Å²) in [7, 11) is 0. The molecule has 3 aromatic rings. The van der Waals surface area contributed by atoms with Crippen LogP contribution in [0.15, 0.2) is 54.7 Å². The summed E-state index contributed by atoms with van der Waals surface area (Å²) >= 11 is 0. The van der Waals surface area contributed by atoms with E-state index in [2.05, 4.69) is 5.10 Å². The first kappa shape index (κ1) is 12.4. The topological polar surface area (TPSA) is 43.8 Å². The van der Waals surface area contributed by atoms with E-state index >= 15 is 0 Å². The maximum Gasteiger partial charge on any atom is 0.123 e. The molecule has 0 saturated carbocycles. The second-order valence-electron chi connectivity index (χ2n) is 4.67. The van der Waals surface area contributed by atoms with Crippen LogP contribution >= 0.6 is 0 Å². The average Bonchev–Trinajstić information content (AvgIpc) is 2.81. The summed E-state index contributed by atoms with van der Waals surface area (Å²) in [5.41, 5.74) is 9.95. The highest BCUT2D eigenvalue weighted by Gasteiger charge is 2.10. The lowest BCUT2D eigenvalue weighted by atomic mass is 10.1. The van der Waals surface area contributed by atoms with Gasteiger partial charge in [0.15, 0.2) is 0 Å². The SMILES string of the molecule is Cc1cc(F)ccc1-n1cc(N)c(-c2ccccc2)n1. The number of nitrogen functional groups attached to an aromatic ring is 1. The number of hydrogen-bond acceptors (Lipinski definition) is 2. The number of rotatable bonds is 2. The third kappa shape index (κ3) is 2.16. The second kappa shape index (κ2) is 4.81. The zero-order valence-electron chi connectivity index (χ0n) is 11.0. The Kier molecular flexibility index (Phi) is 2.99. The minimum Gasteiger partial charge on any atom is -0.396 e. The molecule has 0 unspecified atom stereocenters. The predicted molar refractivity (Wildman–Crippen MR) is 78.1 cm³/mol. The molecule has 1 aromatic heterocycles. The first-order chi connectivity index (χ1) is 9.65. The van der Waals surface area contributed by atoms with Crippen LogP contribution in [0.3, 0.4) is 0 Å². The molecule has 0 amide bonds. The molecule has 2 N–H and O–H groups in total. The van der Waals surface area contributed by atoms with Crippen LogP contribution in [0.1, 0.15) is 5.56 Å². The molecule has 0 aliphatic heterocycles. The van der Waals surface area contributed by atoms with Crippen molar-refractivity contribution in [1.29, 1.82) is 0 Å². The number of benzene rings is 2. The van der Waals surface area contributed by atoms with Crippen molar-refractivity contribution in [1.82, 2.24) is 9.78 Å². The molecule has 4 heteroatoms. The molecule has 0 bridgehead atoms. The third-order valence-corrected chi connectivity index (χ3v) is 3.20. The summed E-state index contributed by atoms with van der Waals surface area (Å²) in [6, 6.07) is 14.3. The summed E-state index contributed by atoms with van der Waals surface area (Å²) in [5.74, 6) is -0.255. The van der Waals surface area contributed by atoms with Gasteiger partial charge in [-0.3, -0.25) is 0 Å². The van der Waals surface area contributed by atoms with E-state index in [-0.39, 0.29) is 5.82 Å². The van der Waals surface area contributed by atoms with Gasteiger partial charge >= 0.3 is 0 Å². The number of halogens is 1. The van der Waals surface area contributed by atoms with Gasteiger partial charge in [-0.05, 0) is 30.7 Å². The molecule has 3 rings (SSSR count). The molecule has 1 heterocycles. The minimum atomic E-state index is -0.255. The van der Waals surface area contributed by atoms with E-state index in [0.717, 1.165) is 22.5 Å². The number of aromatic nitrogens is 2. The van der Waals surface area contributed by atoms with E-state index < -0.39 is 0 Å². The van der Waals surface area contributed by atoms with Crippen molar-refractivity contribution in [2.75, 3.05) is 5.73 Å². The molecule has 0 radical (unpaired) electrons. The van der Waals surface area contributed by atoms with Crippen LogP contribution < -0.4 is 5.73 Å². The maximum atomic E-state index is 13.2. The zero-order chi connectivity index (χ0) is 14.1. The molecule has 3 nitrogen and oxygen atoms in total. The molecule has 0 aliphatic carbocycles. The van der Waals surface area contributed by atoms with Crippen molar-refractivity contribution < 1.29 is 4.39 Å². The van der Waals surface area contributed by atoms with E-state index in [1.807, 2.05) is 37.3 Å². The van der Waals surface area contributed by atoms with Crippen LogP contribution in [0.2, 0.25) is 0 Å². The Morgan fingerprint density at radius 1 is 1.10 bits per heavy atom. The van der Waals surface area contributed by atoms with Gasteiger partial charge in [0.1, 0.15) is 11.5 Å². The molecule has 0 spiro atoms. The lowest BCUT2D eigenvalue weighted by molar-refractivity contribution is 0.625. The predicted octanol–water partition coefficient (Wildman–Crippen LogP) is 3.57. The monoisotopic (exact) mass is 267 g/mol. The highest BCUT2D eigenvalue weighted by Crippen LogP contribution is 2.26. The molecular formula is C16H14FN3. The van der Waals surface area contributed by atoms with E-state index in [1.54, 1.807) is 16.9 Å². The maximum absolute atomic E-state index is 13.2. The summed E-state index contributed by atoms with van der Waals surface area (Å²) in [5, 5.41) is 4.51. The average molecular weight is 267 g/mol. The Bertz CT molecular complexity index is 748. The van der Waals surface area contributed by atoms with Crippen LogP contribution in [0.5, 0.6) is 0 Å². The molecular weight excluding hydrogens is 253 g/mol. The highest BCUT2D eigenvalue weighted by molar-refractivity contribution is 5.72. The first-order valence-corrected chi connectivity index (χ1v) is 6.32. The Morgan fingerprint density at radius 2 is 1.85 bits per heavy atom. The summed E-state index contributed by atoms with van der Waals surface area (Å²) in [6.07, 6.45) is 1.75. The van der Waals surface area contributed by atoms with Gasteiger partial charge in [-0.2, -0.15) is 5.10 Å². The zero-order valence-corrected chi connectivity index (χ0v) is 11.0. The summed E-state index contributed by atoms with van der Waals surface area (Å²) in [6.45, 7) is 1.85. The number of aryl methyl sites for hydroxylation is 1. The van der Waals surface area contributed by atoms with Crippen molar-refractivity contribution in [3.8, 4) is 16.9 Å². The fourth-order valence-corrected chi connectivity index (χ4v) is 2.21. The Labute approximate surface area is 116 Å². The minimum absolute atomic E-state index is 0.255. The van der Waals surface area contributed by atoms with Gasteiger partial charge in [0.25, 0.3) is 0 Å². The standard InChI is InChI=1S/C16H14FN3/c1-11-9-13(17)7-8-15(11)20-10-14(18)16(19-20)12-5-3-2-4-6-12/h2-10H,18H2,1H3. The Morgan fingerprint density at radius 3 is 2.55 bits per heavy atom. The van der Waals surface area contributed by atoms with Gasteiger partial charge in [0, 0.05) is 5.56 Å². The molecule has 0 fully saturated rings. The molecule has 20 heavy (non-hydrogen) atoms. The summed E-state index contributed by atoms with van der Waals surface area (Å²) in [4.78, 5) is 0. The van der Waals surface area contributed by atoms with Gasteiger partial charge in [-0.15, -0.1) is 0 Å². The van der Waals surface area contributed by atoms with E-state index in [1.165, 1.54) is 12.1 Å². The summed E-state index contributed by atoms with van der Waals surface area (Å²) < 4.78 is 14.8. The Hall–Kier alpha value is -2.62. The number of anilines is 1. The van der Waals surface area contributed by atoms with Crippen LogP contribution in [0.4, 0.5) is 10.1 Å². The lowest BCUT2D eigenvalue weighted by Crippen LogP contribution is -1.98. The van der Waals surface area contributed by atoms with E-state index in [9.17, 15) is 4.39 Å². The van der Waals surface area contributed by atoms with Gasteiger partial charge in [0.2, 0.25) is 0 Å². The molecule has 0 saturated heterocycles. The molecule has 2 aromatic carbocycles. The molecule has 0 atom stereocenters. The smallest absolute Gasteiger partial charge is 0.123 e. The van der Waals surface area contributed by atoms with Crippen molar-refractivity contribution in [2.24, 2.45) is 0 Å². The van der Waals surface area contributed by atoms with Crippen molar-refractivity contribution in [3.63, 3.8) is 0 Å². The van der Waals surface area contributed by atoms with Gasteiger partial charge in [-0.1, -0.05) is 30.3 Å². The van der Waals surface area contributed by atoms with Gasteiger partial charge in [-0.25, -0.2) is 9.07 Å². The fraction of sp³-hybridized carbons (Fsp3) is 0.0625. The molecule has 100 valence electrons. The normalized spacial score (nSPS) is 10.7. The van der Waals surface area contributed by atoms with Crippen LogP contribution in [-0.2, 0) is 0 Å². The van der Waals surface area contributed by atoms with Crippen LogP contribution in [-0.4, -0.2) is 9.78 Å². The van der Waals surface area contributed by atoms with Crippen LogP contribution in [0, 0.1) is 12.7 Å². The van der Waals surface area contributed by atoms with E-state index in [0.29, 0.717) is 5.69 Å². The van der Waals surface area contributed by atoms with Gasteiger partial charge in [0.05, 0.1) is 17.6 Å². The van der Waals surface area contributed by atoms with Crippen molar-refractivity contribution >= 4 is 5.69 Å². The Balaban J connectivity index is 2.09. The number of nitrogens with two attached hydrogens (primary N) is 1. The van der Waals surface area contributed by atoms with E-state index in [4.69, 9.17) is 5.73 Å². The number of hydrogen-bond donors (Lipinski definition) is 1. The van der Waals surface area contributed by atoms with Crippen LogP contribution in [0.25, 0.3) is 16.9 Å². The van der Waals surface area contributed by atoms with Crippen molar-refractivity contribution in [3.05, 3.63) is 66.1 Å². The quantitative estimate of drug-likeness (QED) is 0.771. The largest absolute Gasteiger partial charge is 0.396 e. The fourth-order valence-electron chi connectivity index (χ4n) is 2.21. The second-order valence-corrected chi connectivity index (χ2v) is 4.67. The highest BCUT2D eigenvalue weighted by atomic mass is 19.1.